The molecule has 2 N–H and O–H groups in total. The quantitative estimate of drug-likeness (QED) is 0.849. The Morgan fingerprint density at radius 1 is 1.05 bits per heavy atom. The standard InChI is InChI=1S/C15H16N4O2/c1-9-7-14(17-11(3)16-9)19-15(21)18-13-6-4-5-12(8-13)10(2)20/h4-8H,1-3H3,(H2,16,17,18,19,21). The lowest BCUT2D eigenvalue weighted by Gasteiger charge is -2.08. The molecule has 0 radical (unpaired) electrons. The first-order chi connectivity index (χ1) is 9.94. The fourth-order valence-electron chi connectivity index (χ4n) is 1.88. The van der Waals surface area contributed by atoms with E-state index in [4.69, 9.17) is 0 Å². The van der Waals surface area contributed by atoms with Crippen molar-refractivity contribution < 1.29 is 9.59 Å². The number of Topliss-reactive ketones (excluding diaryl/α,β-unsaturated/α-hetero) is 1. The van der Waals surface area contributed by atoms with Crippen LogP contribution in [0, 0.1) is 13.8 Å². The van der Waals surface area contributed by atoms with Crippen molar-refractivity contribution in [3.05, 3.63) is 47.4 Å². The third-order valence-electron chi connectivity index (χ3n) is 2.73. The van der Waals surface area contributed by atoms with E-state index < -0.39 is 6.03 Å². The van der Waals surface area contributed by atoms with E-state index in [0.717, 1.165) is 5.69 Å². The van der Waals surface area contributed by atoms with Gasteiger partial charge in [0.2, 0.25) is 0 Å². The second-order valence-corrected chi connectivity index (χ2v) is 4.66. The molecule has 2 rings (SSSR count). The smallest absolute Gasteiger partial charge is 0.308 e. The van der Waals surface area contributed by atoms with Crippen LogP contribution in [0.2, 0.25) is 0 Å². The van der Waals surface area contributed by atoms with Crippen LogP contribution in [0.25, 0.3) is 0 Å². The molecule has 0 unspecified atom stereocenters. The number of aromatic nitrogens is 2. The Hall–Kier alpha value is -2.76. The predicted octanol–water partition coefficient (Wildman–Crippen LogP) is 2.94. The Labute approximate surface area is 122 Å². The van der Waals surface area contributed by atoms with E-state index in [1.54, 1.807) is 37.3 Å². The first-order valence-corrected chi connectivity index (χ1v) is 6.45. The van der Waals surface area contributed by atoms with E-state index in [1.165, 1.54) is 6.92 Å². The molecule has 6 nitrogen and oxygen atoms in total. The fraction of sp³-hybridized carbons (Fsp3) is 0.200. The zero-order valence-electron chi connectivity index (χ0n) is 12.1. The van der Waals surface area contributed by atoms with Crippen LogP contribution in [-0.2, 0) is 0 Å². The Bertz CT molecular complexity index is 678. The summed E-state index contributed by atoms with van der Waals surface area (Å²) in [6, 6.07) is 8.00. The van der Waals surface area contributed by atoms with Crippen LogP contribution < -0.4 is 10.6 Å². The molecule has 0 saturated heterocycles. The third-order valence-corrected chi connectivity index (χ3v) is 2.73. The van der Waals surface area contributed by atoms with E-state index in [-0.39, 0.29) is 5.78 Å². The molecule has 0 atom stereocenters. The number of carbonyl (C=O) groups is 2. The summed E-state index contributed by atoms with van der Waals surface area (Å²) in [5.74, 6) is 0.963. The minimum absolute atomic E-state index is 0.0545. The molecule has 0 aliphatic rings. The zero-order valence-corrected chi connectivity index (χ0v) is 12.1. The minimum Gasteiger partial charge on any atom is -0.308 e. The van der Waals surface area contributed by atoms with Gasteiger partial charge in [-0.2, -0.15) is 0 Å². The van der Waals surface area contributed by atoms with Crippen LogP contribution in [0.3, 0.4) is 0 Å². The highest BCUT2D eigenvalue weighted by atomic mass is 16.2. The van der Waals surface area contributed by atoms with Gasteiger partial charge in [-0.1, -0.05) is 12.1 Å². The topological polar surface area (TPSA) is 84.0 Å². The van der Waals surface area contributed by atoms with Crippen molar-refractivity contribution in [2.75, 3.05) is 10.6 Å². The summed E-state index contributed by atoms with van der Waals surface area (Å²) in [5, 5.41) is 5.30. The summed E-state index contributed by atoms with van der Waals surface area (Å²) in [4.78, 5) is 31.5. The fourth-order valence-corrected chi connectivity index (χ4v) is 1.88. The average molecular weight is 284 g/mol. The molecule has 0 aliphatic heterocycles. The van der Waals surface area contributed by atoms with Crippen molar-refractivity contribution in [1.82, 2.24) is 9.97 Å². The highest BCUT2D eigenvalue weighted by molar-refractivity contribution is 6.00. The second-order valence-electron chi connectivity index (χ2n) is 4.66. The van der Waals surface area contributed by atoms with Crippen LogP contribution in [0.1, 0.15) is 28.8 Å². The summed E-state index contributed by atoms with van der Waals surface area (Å²) in [7, 11) is 0. The molecule has 6 heteroatoms. The third kappa shape index (κ3) is 4.10. The summed E-state index contributed by atoms with van der Waals surface area (Å²) in [6.07, 6.45) is 0. The average Bonchev–Trinajstić information content (AvgIpc) is 2.37. The number of nitrogens with one attached hydrogen (secondary N) is 2. The summed E-state index contributed by atoms with van der Waals surface area (Å²) in [6.45, 7) is 5.06. The number of aryl methyl sites for hydroxylation is 2. The van der Waals surface area contributed by atoms with Gasteiger partial charge in [0.05, 0.1) is 0 Å². The lowest BCUT2D eigenvalue weighted by atomic mass is 10.1. The van der Waals surface area contributed by atoms with Crippen molar-refractivity contribution in [2.45, 2.75) is 20.8 Å². The molecule has 0 fully saturated rings. The molecule has 108 valence electrons. The number of anilines is 2. The van der Waals surface area contributed by atoms with Gasteiger partial charge in [-0.25, -0.2) is 14.8 Å². The SMILES string of the molecule is CC(=O)c1cccc(NC(=O)Nc2cc(C)nc(C)n2)c1. The van der Waals surface area contributed by atoms with E-state index in [1.807, 2.05) is 6.92 Å². The van der Waals surface area contributed by atoms with Crippen LogP contribution in [0.15, 0.2) is 30.3 Å². The highest BCUT2D eigenvalue weighted by Gasteiger charge is 2.06. The molecule has 0 aliphatic carbocycles. The maximum Gasteiger partial charge on any atom is 0.324 e. The number of benzene rings is 1. The van der Waals surface area contributed by atoms with Crippen LogP contribution in [-0.4, -0.2) is 21.8 Å². The normalized spacial score (nSPS) is 10.0. The number of amides is 2. The van der Waals surface area contributed by atoms with Gasteiger partial charge in [0.25, 0.3) is 0 Å². The van der Waals surface area contributed by atoms with Crippen molar-refractivity contribution in [3.8, 4) is 0 Å². The van der Waals surface area contributed by atoms with Crippen molar-refractivity contribution in [2.24, 2.45) is 0 Å². The Balaban J connectivity index is 2.08. The lowest BCUT2D eigenvalue weighted by Crippen LogP contribution is -2.20. The maximum atomic E-state index is 11.9. The first kappa shape index (κ1) is 14.6. The number of rotatable bonds is 3. The summed E-state index contributed by atoms with van der Waals surface area (Å²) < 4.78 is 0. The molecule has 0 bridgehead atoms. The minimum atomic E-state index is -0.423. The Morgan fingerprint density at radius 2 is 1.81 bits per heavy atom. The van der Waals surface area contributed by atoms with E-state index in [2.05, 4.69) is 20.6 Å². The van der Waals surface area contributed by atoms with E-state index in [0.29, 0.717) is 22.9 Å². The van der Waals surface area contributed by atoms with Gasteiger partial charge >= 0.3 is 6.03 Å². The van der Waals surface area contributed by atoms with Crippen LogP contribution >= 0.6 is 0 Å². The van der Waals surface area contributed by atoms with Crippen LogP contribution in [0.5, 0.6) is 0 Å². The molecular weight excluding hydrogens is 268 g/mol. The monoisotopic (exact) mass is 284 g/mol. The van der Waals surface area contributed by atoms with Gasteiger partial charge in [0.1, 0.15) is 11.6 Å². The molecule has 2 amide bonds. The second kappa shape index (κ2) is 6.13. The maximum absolute atomic E-state index is 11.9. The van der Waals surface area contributed by atoms with E-state index >= 15 is 0 Å². The Kier molecular flexibility index (Phi) is 4.27. The molecule has 1 aromatic carbocycles. The molecule has 0 spiro atoms. The predicted molar refractivity (Wildman–Crippen MR) is 80.6 cm³/mol. The van der Waals surface area contributed by atoms with Gasteiger partial charge in [-0.15, -0.1) is 0 Å². The number of urea groups is 1. The summed E-state index contributed by atoms with van der Waals surface area (Å²) in [5.41, 5.74) is 1.86. The molecule has 0 saturated carbocycles. The van der Waals surface area contributed by atoms with Crippen molar-refractivity contribution in [1.29, 1.82) is 0 Å². The van der Waals surface area contributed by atoms with Gasteiger partial charge < -0.3 is 5.32 Å². The largest absolute Gasteiger partial charge is 0.324 e. The molecule has 2 aromatic rings. The van der Waals surface area contributed by atoms with Gasteiger partial charge in [-0.05, 0) is 32.9 Å². The molecule has 21 heavy (non-hydrogen) atoms. The van der Waals surface area contributed by atoms with Gasteiger partial charge in [0, 0.05) is 23.0 Å². The lowest BCUT2D eigenvalue weighted by molar-refractivity contribution is 0.101. The van der Waals surface area contributed by atoms with Crippen molar-refractivity contribution >= 4 is 23.3 Å². The molecule has 1 heterocycles. The molecular formula is C15H16N4O2. The first-order valence-electron chi connectivity index (χ1n) is 6.45. The number of hydrogen-bond donors (Lipinski definition) is 2. The van der Waals surface area contributed by atoms with E-state index in [9.17, 15) is 9.59 Å². The number of ketones is 1. The number of nitrogens with zero attached hydrogens (tertiary/aromatic N) is 2. The highest BCUT2D eigenvalue weighted by Crippen LogP contribution is 2.12. The van der Waals surface area contributed by atoms with Gasteiger partial charge in [0.15, 0.2) is 5.78 Å². The van der Waals surface area contributed by atoms with Crippen molar-refractivity contribution in [3.63, 3.8) is 0 Å². The van der Waals surface area contributed by atoms with Gasteiger partial charge in [-0.3, -0.25) is 10.1 Å². The van der Waals surface area contributed by atoms with Crippen LogP contribution in [0.4, 0.5) is 16.3 Å². The number of hydrogen-bond acceptors (Lipinski definition) is 4. The Morgan fingerprint density at radius 3 is 2.48 bits per heavy atom. The number of carbonyl (C=O) groups excluding carboxylic acids is 2. The zero-order chi connectivity index (χ0) is 15.4. The molecule has 1 aromatic heterocycles. The summed E-state index contributed by atoms with van der Waals surface area (Å²) >= 11 is 0.